The summed E-state index contributed by atoms with van der Waals surface area (Å²) < 4.78 is 6.51. The van der Waals surface area contributed by atoms with E-state index in [1.807, 2.05) is 24.3 Å². The predicted octanol–water partition coefficient (Wildman–Crippen LogP) is 5.42. The van der Waals surface area contributed by atoms with Crippen LogP contribution in [0.4, 0.5) is 0 Å². The summed E-state index contributed by atoms with van der Waals surface area (Å²) in [6, 6.07) is 7.71. The smallest absolute Gasteiger partial charge is 0.316 e. The number of ether oxygens (including phenoxy) is 1. The van der Waals surface area contributed by atoms with Crippen molar-refractivity contribution in [3.05, 3.63) is 29.8 Å². The number of rotatable bonds is 15. The van der Waals surface area contributed by atoms with Gasteiger partial charge in [-0.25, -0.2) is 0 Å². The van der Waals surface area contributed by atoms with E-state index in [4.69, 9.17) is 16.2 Å². The van der Waals surface area contributed by atoms with E-state index in [-0.39, 0.29) is 46.6 Å². The molecule has 46 heavy (non-hydrogen) atoms. The highest BCUT2D eigenvalue weighted by molar-refractivity contribution is 8.00. The van der Waals surface area contributed by atoms with Gasteiger partial charge in [0.2, 0.25) is 5.91 Å². The van der Waals surface area contributed by atoms with Crippen LogP contribution in [0.5, 0.6) is 0 Å². The van der Waals surface area contributed by atoms with Gasteiger partial charge in [0.25, 0.3) is 0 Å². The van der Waals surface area contributed by atoms with Crippen LogP contribution in [-0.2, 0) is 25.5 Å². The first-order valence-electron chi connectivity index (χ1n) is 17.7. The van der Waals surface area contributed by atoms with Crippen LogP contribution in [0.3, 0.4) is 0 Å². The Balaban J connectivity index is 1.51. The number of carbonyl (C=O) groups excluding carboxylic acids is 3. The molecule has 3 saturated carbocycles. The molecule has 0 heterocycles. The minimum Gasteiger partial charge on any atom is -0.461 e. The van der Waals surface area contributed by atoms with E-state index in [9.17, 15) is 19.5 Å². The van der Waals surface area contributed by atoms with Crippen LogP contribution in [-0.4, -0.2) is 60.4 Å². The second kappa shape index (κ2) is 16.0. The summed E-state index contributed by atoms with van der Waals surface area (Å²) in [5, 5.41) is 15.0. The Kier molecular flexibility index (Phi) is 12.8. The summed E-state index contributed by atoms with van der Waals surface area (Å²) in [4.78, 5) is 40.5. The van der Waals surface area contributed by atoms with Gasteiger partial charge in [-0.1, -0.05) is 59.1 Å². The fourth-order valence-electron chi connectivity index (χ4n) is 9.25. The normalized spacial score (nSPS) is 34.0. The Hall–Kier alpha value is -1.94. The standard InChI is InChI=1S/C37H59N3O5S/c1-25-14-17-37-18-15-29(41)33(37)36(25,4)30(23-35(3,34(44)26(37)2)16-7-5-6-8-19-38)45-32(43)24-46-28-12-10-27(11-13-28)22-31(42)40-21-9-20-39/h10-13,25-26,30,33-34,44H,5-9,14-24,38-39H2,1-4H3,(H,40,42)/t25-,26+,30-,33+,34+,35+,36+,37+/m1/s1. The van der Waals surface area contributed by atoms with E-state index in [1.54, 1.807) is 0 Å². The Labute approximate surface area is 280 Å². The molecule has 3 aliphatic carbocycles. The van der Waals surface area contributed by atoms with Crippen molar-refractivity contribution in [3.63, 3.8) is 0 Å². The first kappa shape index (κ1) is 36.9. The van der Waals surface area contributed by atoms with Crippen LogP contribution in [0.25, 0.3) is 0 Å². The number of ketones is 1. The SMILES string of the molecule is C[C@@H]1CC[C@@]23CCC(=O)[C@H]2[C@]1(C)[C@H](OC(=O)CSc1ccc(CC(=O)NCCCN)cc1)C[C@](C)(CCCCCCN)[C@@H](O)[C@@H]3C. The molecular weight excluding hydrogens is 598 g/mol. The number of aliphatic hydroxyl groups is 1. The maximum absolute atomic E-state index is 13.8. The number of nitrogens with one attached hydrogen (secondary N) is 1. The third-order valence-corrected chi connectivity index (χ3v) is 13.2. The van der Waals surface area contributed by atoms with E-state index in [0.717, 1.165) is 68.2 Å². The lowest BCUT2D eigenvalue weighted by atomic mass is 9.43. The summed E-state index contributed by atoms with van der Waals surface area (Å²) in [6.07, 6.45) is 8.80. The number of carbonyl (C=O) groups is 3. The third kappa shape index (κ3) is 7.85. The number of aliphatic hydroxyl groups excluding tert-OH is 1. The highest BCUT2D eigenvalue weighted by atomic mass is 32.2. The molecule has 9 heteroatoms. The zero-order chi connectivity index (χ0) is 33.5. The molecule has 0 radical (unpaired) electrons. The van der Waals surface area contributed by atoms with Crippen LogP contribution in [0.15, 0.2) is 29.2 Å². The summed E-state index contributed by atoms with van der Waals surface area (Å²) in [5.41, 5.74) is 10.9. The van der Waals surface area contributed by atoms with Crippen molar-refractivity contribution in [1.29, 1.82) is 0 Å². The minimum absolute atomic E-state index is 0.00277. The van der Waals surface area contributed by atoms with E-state index in [1.165, 1.54) is 11.8 Å². The molecule has 1 aromatic rings. The number of amides is 1. The van der Waals surface area contributed by atoms with Crippen molar-refractivity contribution < 1.29 is 24.2 Å². The van der Waals surface area contributed by atoms with Crippen LogP contribution >= 0.6 is 11.8 Å². The van der Waals surface area contributed by atoms with E-state index in [2.05, 4.69) is 33.0 Å². The lowest BCUT2D eigenvalue weighted by Gasteiger charge is -2.62. The lowest BCUT2D eigenvalue weighted by molar-refractivity contribution is -0.211. The van der Waals surface area contributed by atoms with Crippen molar-refractivity contribution in [3.8, 4) is 0 Å². The van der Waals surface area contributed by atoms with Crippen molar-refractivity contribution in [2.75, 3.05) is 25.4 Å². The number of nitrogens with two attached hydrogens (primary N) is 2. The van der Waals surface area contributed by atoms with Gasteiger partial charge >= 0.3 is 5.97 Å². The Morgan fingerprint density at radius 1 is 1.02 bits per heavy atom. The Morgan fingerprint density at radius 3 is 2.41 bits per heavy atom. The topological polar surface area (TPSA) is 145 Å². The highest BCUT2D eigenvalue weighted by Gasteiger charge is 2.68. The number of thioether (sulfide) groups is 1. The zero-order valence-electron chi connectivity index (χ0n) is 28.7. The molecule has 258 valence electrons. The summed E-state index contributed by atoms with van der Waals surface area (Å²) in [7, 11) is 0. The maximum Gasteiger partial charge on any atom is 0.316 e. The largest absolute Gasteiger partial charge is 0.461 e. The first-order valence-corrected chi connectivity index (χ1v) is 18.7. The molecule has 4 rings (SSSR count). The molecule has 0 saturated heterocycles. The number of unbranched alkanes of at least 4 members (excludes halogenated alkanes) is 3. The molecule has 0 spiro atoms. The molecule has 0 unspecified atom stereocenters. The van der Waals surface area contributed by atoms with Crippen LogP contribution < -0.4 is 16.8 Å². The molecule has 1 aromatic carbocycles. The third-order valence-electron chi connectivity index (χ3n) is 12.2. The lowest BCUT2D eigenvalue weighted by Crippen LogP contribution is -2.63. The van der Waals surface area contributed by atoms with Gasteiger partial charge in [-0.2, -0.15) is 0 Å². The molecule has 0 aliphatic heterocycles. The predicted molar refractivity (Wildman–Crippen MR) is 184 cm³/mol. The number of esters is 1. The second-order valence-corrected chi connectivity index (χ2v) is 16.1. The fourth-order valence-corrected chi connectivity index (χ4v) is 9.93. The Morgan fingerprint density at radius 2 is 1.72 bits per heavy atom. The average molecular weight is 658 g/mol. The van der Waals surface area contributed by atoms with Crippen LogP contribution in [0, 0.1) is 34.0 Å². The summed E-state index contributed by atoms with van der Waals surface area (Å²) in [5.74, 6) is 0.107. The van der Waals surface area contributed by atoms with Crippen LogP contribution in [0.2, 0.25) is 0 Å². The van der Waals surface area contributed by atoms with Gasteiger partial charge in [0.05, 0.1) is 18.3 Å². The molecule has 0 aromatic heterocycles. The number of benzene rings is 1. The average Bonchev–Trinajstić information content (AvgIpc) is 3.39. The second-order valence-electron chi connectivity index (χ2n) is 15.1. The fraction of sp³-hybridized carbons (Fsp3) is 0.757. The molecule has 3 fully saturated rings. The number of Topliss-reactive ketones (excluding diaryl/α,β-unsaturated/α-hetero) is 1. The van der Waals surface area contributed by atoms with E-state index >= 15 is 0 Å². The maximum atomic E-state index is 13.8. The van der Waals surface area contributed by atoms with Crippen molar-refractivity contribution in [2.45, 2.75) is 122 Å². The molecule has 6 N–H and O–H groups in total. The van der Waals surface area contributed by atoms with Gasteiger partial charge in [-0.05, 0) is 98.4 Å². The van der Waals surface area contributed by atoms with Gasteiger partial charge in [0.1, 0.15) is 11.9 Å². The van der Waals surface area contributed by atoms with Gasteiger partial charge in [0, 0.05) is 29.2 Å². The number of hydrogen-bond acceptors (Lipinski definition) is 8. The molecule has 1 amide bonds. The van der Waals surface area contributed by atoms with Crippen molar-refractivity contribution in [1.82, 2.24) is 5.32 Å². The van der Waals surface area contributed by atoms with E-state index < -0.39 is 23.0 Å². The van der Waals surface area contributed by atoms with Crippen molar-refractivity contribution >= 4 is 29.4 Å². The van der Waals surface area contributed by atoms with Gasteiger partial charge < -0.3 is 26.6 Å². The Bertz CT molecular complexity index is 1200. The number of hydrogen-bond donors (Lipinski definition) is 4. The van der Waals surface area contributed by atoms with Gasteiger partial charge in [-0.15, -0.1) is 11.8 Å². The van der Waals surface area contributed by atoms with Gasteiger partial charge in [0.15, 0.2) is 0 Å². The quantitative estimate of drug-likeness (QED) is 0.111. The molecule has 3 aliphatic rings. The summed E-state index contributed by atoms with van der Waals surface area (Å²) in [6.45, 7) is 10.6. The van der Waals surface area contributed by atoms with E-state index in [0.29, 0.717) is 38.9 Å². The molecule has 8 nitrogen and oxygen atoms in total. The van der Waals surface area contributed by atoms with Crippen molar-refractivity contribution in [2.24, 2.45) is 45.5 Å². The summed E-state index contributed by atoms with van der Waals surface area (Å²) >= 11 is 1.42. The molecule has 8 atom stereocenters. The monoisotopic (exact) mass is 657 g/mol. The van der Waals surface area contributed by atoms with Gasteiger partial charge in [-0.3, -0.25) is 14.4 Å². The first-order chi connectivity index (χ1) is 21.9. The molecule has 2 bridgehead atoms. The highest BCUT2D eigenvalue weighted by Crippen LogP contribution is 2.68. The van der Waals surface area contributed by atoms with Crippen LogP contribution in [0.1, 0.15) is 104 Å². The molecular formula is C37H59N3O5S. The minimum atomic E-state index is -0.579. The zero-order valence-corrected chi connectivity index (χ0v) is 29.5.